The van der Waals surface area contributed by atoms with Gasteiger partial charge >= 0.3 is 0 Å². The lowest BCUT2D eigenvalue weighted by Gasteiger charge is -2.11. The summed E-state index contributed by atoms with van der Waals surface area (Å²) in [5, 5.41) is 22.5. The van der Waals surface area contributed by atoms with Gasteiger partial charge in [-0.25, -0.2) is 0 Å². The molecule has 35 heavy (non-hydrogen) atoms. The molecule has 4 rings (SSSR count). The fourth-order valence-electron chi connectivity index (χ4n) is 4.26. The summed E-state index contributed by atoms with van der Waals surface area (Å²) in [6, 6.07) is 14.9. The van der Waals surface area contributed by atoms with Gasteiger partial charge in [0.05, 0.1) is 45.1 Å². The first kappa shape index (κ1) is 23.7. The summed E-state index contributed by atoms with van der Waals surface area (Å²) >= 11 is 0. The third-order valence-corrected chi connectivity index (χ3v) is 6.08. The van der Waals surface area contributed by atoms with E-state index < -0.39 is 0 Å². The summed E-state index contributed by atoms with van der Waals surface area (Å²) in [5.41, 5.74) is 6.19. The second-order valence-corrected chi connectivity index (χ2v) is 8.18. The molecule has 1 aliphatic carbocycles. The van der Waals surface area contributed by atoms with Gasteiger partial charge < -0.3 is 24.3 Å². The average molecular weight is 471 g/mol. The summed E-state index contributed by atoms with van der Waals surface area (Å²) in [6.45, 7) is 2.31. The highest BCUT2D eigenvalue weighted by atomic mass is 16.5. The molecule has 0 saturated carbocycles. The van der Waals surface area contributed by atoms with Crippen LogP contribution in [0.4, 0.5) is 0 Å². The largest absolute Gasteiger partial charge is 0.502 e. The molecule has 0 unspecified atom stereocenters. The number of phenols is 1. The molecule has 3 aromatic rings. The van der Waals surface area contributed by atoms with Crippen LogP contribution >= 0.6 is 0 Å². The summed E-state index contributed by atoms with van der Waals surface area (Å²) in [7, 11) is 2.99. The standard InChI is InChI=1S/C28H26N2O5/c1-17-21(8-6-18-12-25(33-2)28(32)26(13-18)34-3)22-9-7-19(15-29)11-24(22)23(17)14-27(31)30-16-20-5-4-10-35-20/h4-5,7-13,32H,6,14,16H2,1-3H3,(H,30,31)/b21-8-. The van der Waals surface area contributed by atoms with Crippen LogP contribution in [-0.4, -0.2) is 25.2 Å². The Balaban J connectivity index is 1.64. The van der Waals surface area contributed by atoms with Gasteiger partial charge in [0.15, 0.2) is 11.5 Å². The van der Waals surface area contributed by atoms with E-state index in [4.69, 9.17) is 13.9 Å². The molecule has 0 bridgehead atoms. The Bertz CT molecular complexity index is 1340. The molecule has 178 valence electrons. The van der Waals surface area contributed by atoms with E-state index >= 15 is 0 Å². The number of nitriles is 1. The van der Waals surface area contributed by atoms with E-state index in [1.165, 1.54) is 14.2 Å². The number of nitrogens with zero attached hydrogens (tertiary/aromatic N) is 1. The van der Waals surface area contributed by atoms with Gasteiger partial charge in [0.2, 0.25) is 11.7 Å². The minimum Gasteiger partial charge on any atom is -0.502 e. The number of carbonyl (C=O) groups is 1. The van der Waals surface area contributed by atoms with Crippen molar-refractivity contribution in [3.8, 4) is 23.3 Å². The number of aromatic hydroxyl groups is 1. The van der Waals surface area contributed by atoms with Crippen LogP contribution < -0.4 is 14.8 Å². The van der Waals surface area contributed by atoms with Crippen molar-refractivity contribution in [1.29, 1.82) is 5.26 Å². The van der Waals surface area contributed by atoms with Crippen molar-refractivity contribution in [1.82, 2.24) is 5.32 Å². The SMILES string of the molecule is COc1cc(C/C=C2/C(C)=C(CC(=O)NCc3ccco3)c3cc(C#N)ccc32)cc(OC)c1O. The first-order chi connectivity index (χ1) is 16.9. The zero-order valence-corrected chi connectivity index (χ0v) is 19.8. The number of benzene rings is 2. The fourth-order valence-corrected chi connectivity index (χ4v) is 4.26. The van der Waals surface area contributed by atoms with E-state index in [0.29, 0.717) is 35.8 Å². The zero-order valence-electron chi connectivity index (χ0n) is 19.8. The summed E-state index contributed by atoms with van der Waals surface area (Å²) in [6.07, 6.45) is 4.39. The summed E-state index contributed by atoms with van der Waals surface area (Å²) < 4.78 is 15.8. The van der Waals surface area contributed by atoms with Crippen molar-refractivity contribution in [2.45, 2.75) is 26.3 Å². The Kier molecular flexibility index (Phi) is 6.93. The maximum Gasteiger partial charge on any atom is 0.224 e. The topological polar surface area (TPSA) is 105 Å². The number of methoxy groups -OCH3 is 2. The van der Waals surface area contributed by atoms with Crippen molar-refractivity contribution in [2.75, 3.05) is 14.2 Å². The van der Waals surface area contributed by atoms with Gasteiger partial charge in [-0.3, -0.25) is 4.79 Å². The van der Waals surface area contributed by atoms with E-state index in [-0.39, 0.29) is 18.1 Å². The van der Waals surface area contributed by atoms with Crippen molar-refractivity contribution in [3.05, 3.63) is 88.4 Å². The molecular formula is C28H26N2O5. The first-order valence-corrected chi connectivity index (χ1v) is 11.1. The Morgan fingerprint density at radius 2 is 1.89 bits per heavy atom. The average Bonchev–Trinajstić information content (AvgIpc) is 3.48. The molecule has 2 N–H and O–H groups in total. The zero-order chi connectivity index (χ0) is 24.9. The molecule has 1 amide bonds. The normalized spacial score (nSPS) is 13.5. The van der Waals surface area contributed by atoms with Crippen LogP contribution in [-0.2, 0) is 17.8 Å². The van der Waals surface area contributed by atoms with Gasteiger partial charge in [0, 0.05) is 0 Å². The first-order valence-electron chi connectivity index (χ1n) is 11.1. The molecule has 0 fully saturated rings. The van der Waals surface area contributed by atoms with Crippen molar-refractivity contribution in [2.24, 2.45) is 0 Å². The van der Waals surface area contributed by atoms with Gasteiger partial charge in [-0.05, 0) is 83.2 Å². The predicted molar refractivity (Wildman–Crippen MR) is 132 cm³/mol. The number of hydrogen-bond acceptors (Lipinski definition) is 6. The lowest BCUT2D eigenvalue weighted by molar-refractivity contribution is -0.120. The molecule has 0 radical (unpaired) electrons. The number of ether oxygens (including phenoxy) is 2. The minimum absolute atomic E-state index is 0.0411. The molecule has 1 aromatic heterocycles. The van der Waals surface area contributed by atoms with Crippen molar-refractivity contribution >= 4 is 17.1 Å². The second kappa shape index (κ2) is 10.2. The monoisotopic (exact) mass is 470 g/mol. The number of phenolic OH excluding ortho intramolecular Hbond substituents is 1. The van der Waals surface area contributed by atoms with E-state index in [1.54, 1.807) is 30.5 Å². The highest BCUT2D eigenvalue weighted by Gasteiger charge is 2.25. The summed E-state index contributed by atoms with van der Waals surface area (Å²) in [4.78, 5) is 12.7. The Morgan fingerprint density at radius 1 is 1.14 bits per heavy atom. The Morgan fingerprint density at radius 3 is 2.51 bits per heavy atom. The van der Waals surface area contributed by atoms with Crippen LogP contribution in [0.2, 0.25) is 0 Å². The molecular weight excluding hydrogens is 444 g/mol. The highest BCUT2D eigenvalue weighted by Crippen LogP contribution is 2.44. The van der Waals surface area contributed by atoms with Crippen LogP contribution in [0.1, 0.15) is 41.4 Å². The number of nitrogens with one attached hydrogen (secondary N) is 1. The number of carbonyl (C=O) groups excluding carboxylic acids is 1. The number of amides is 1. The van der Waals surface area contributed by atoms with Gasteiger partial charge in [-0.15, -0.1) is 0 Å². The van der Waals surface area contributed by atoms with E-state index in [0.717, 1.165) is 33.4 Å². The lowest BCUT2D eigenvalue weighted by Crippen LogP contribution is -2.22. The highest BCUT2D eigenvalue weighted by molar-refractivity contribution is 6.04. The molecule has 0 atom stereocenters. The molecule has 0 saturated heterocycles. The van der Waals surface area contributed by atoms with Crippen molar-refractivity contribution < 1.29 is 23.8 Å². The van der Waals surface area contributed by atoms with Crippen LogP contribution in [0.25, 0.3) is 11.1 Å². The van der Waals surface area contributed by atoms with Crippen LogP contribution in [0.5, 0.6) is 17.2 Å². The molecule has 0 aliphatic heterocycles. The van der Waals surface area contributed by atoms with E-state index in [2.05, 4.69) is 17.5 Å². The van der Waals surface area contributed by atoms with E-state index in [1.807, 2.05) is 25.1 Å². The third-order valence-electron chi connectivity index (χ3n) is 6.08. The van der Waals surface area contributed by atoms with Crippen LogP contribution in [0, 0.1) is 11.3 Å². The van der Waals surface area contributed by atoms with E-state index in [9.17, 15) is 15.2 Å². The minimum atomic E-state index is -0.127. The second-order valence-electron chi connectivity index (χ2n) is 8.18. The fraction of sp³-hybridized carbons (Fsp3) is 0.214. The van der Waals surface area contributed by atoms with Gasteiger partial charge in [0.1, 0.15) is 5.76 Å². The predicted octanol–water partition coefficient (Wildman–Crippen LogP) is 4.99. The molecule has 7 nitrogen and oxygen atoms in total. The maximum atomic E-state index is 12.7. The molecule has 7 heteroatoms. The number of furan rings is 1. The molecule has 1 aliphatic rings. The smallest absolute Gasteiger partial charge is 0.224 e. The molecule has 0 spiro atoms. The third kappa shape index (κ3) is 4.92. The Labute approximate surface area is 203 Å². The molecule has 1 heterocycles. The number of allylic oxidation sites excluding steroid dienone is 3. The van der Waals surface area contributed by atoms with Crippen molar-refractivity contribution in [3.63, 3.8) is 0 Å². The number of fused-ring (bicyclic) bond motifs is 1. The quantitative estimate of drug-likeness (QED) is 0.480. The summed E-state index contributed by atoms with van der Waals surface area (Å²) in [5.74, 6) is 1.19. The van der Waals surface area contributed by atoms with Gasteiger partial charge in [-0.2, -0.15) is 5.26 Å². The van der Waals surface area contributed by atoms with Gasteiger partial charge in [-0.1, -0.05) is 12.1 Å². The molecule has 2 aromatic carbocycles. The maximum absolute atomic E-state index is 12.7. The van der Waals surface area contributed by atoms with Crippen LogP contribution in [0.15, 0.2) is 64.8 Å². The lowest BCUT2D eigenvalue weighted by atomic mass is 9.98. The number of hydrogen-bond donors (Lipinski definition) is 2. The van der Waals surface area contributed by atoms with Gasteiger partial charge in [0.25, 0.3) is 0 Å². The van der Waals surface area contributed by atoms with Crippen LogP contribution in [0.3, 0.4) is 0 Å². The number of rotatable bonds is 8. The Hall–Kier alpha value is -4.44.